The second kappa shape index (κ2) is 7.82. The van der Waals surface area contributed by atoms with E-state index >= 15 is 0 Å². The second-order valence-electron chi connectivity index (χ2n) is 5.79. The molecule has 120 valence electrons. The maximum Gasteiger partial charge on any atom is 0.308 e. The fraction of sp³-hybridized carbons (Fsp3) is 0.529. The maximum atomic E-state index is 12.1. The van der Waals surface area contributed by atoms with Crippen molar-refractivity contribution in [2.45, 2.75) is 32.6 Å². The van der Waals surface area contributed by atoms with Crippen molar-refractivity contribution in [3.63, 3.8) is 0 Å². The number of likely N-dealkylation sites (tertiary alicyclic amines) is 1. The number of hydrogen-bond acceptors (Lipinski definition) is 3. The lowest BCUT2D eigenvalue weighted by molar-refractivity contribution is -0.145. The molecular formula is C17H23NO4. The van der Waals surface area contributed by atoms with Gasteiger partial charge in [-0.1, -0.05) is 12.1 Å². The van der Waals surface area contributed by atoms with Gasteiger partial charge in [0.2, 0.25) is 5.91 Å². The molecule has 1 aliphatic heterocycles. The molecule has 0 radical (unpaired) electrons. The Hall–Kier alpha value is -2.04. The monoisotopic (exact) mass is 305 g/mol. The summed E-state index contributed by atoms with van der Waals surface area (Å²) in [7, 11) is 0. The molecule has 0 saturated carbocycles. The van der Waals surface area contributed by atoms with Gasteiger partial charge in [0.15, 0.2) is 0 Å². The fourth-order valence-electron chi connectivity index (χ4n) is 2.68. The van der Waals surface area contributed by atoms with Crippen LogP contribution in [-0.2, 0) is 9.59 Å². The van der Waals surface area contributed by atoms with Crippen LogP contribution in [0.1, 0.15) is 31.2 Å². The van der Waals surface area contributed by atoms with Gasteiger partial charge in [0.1, 0.15) is 5.75 Å². The lowest BCUT2D eigenvalue weighted by Crippen LogP contribution is -2.42. The number of aliphatic carboxylic acids is 1. The van der Waals surface area contributed by atoms with Crippen LogP contribution in [-0.4, -0.2) is 41.6 Å². The lowest BCUT2D eigenvalue weighted by atomic mass is 9.98. The first-order chi connectivity index (χ1) is 10.6. The van der Waals surface area contributed by atoms with Crippen LogP contribution in [0.25, 0.3) is 0 Å². The highest BCUT2D eigenvalue weighted by molar-refractivity contribution is 5.78. The minimum atomic E-state index is -0.805. The summed E-state index contributed by atoms with van der Waals surface area (Å²) in [5.41, 5.74) is 1.14. The van der Waals surface area contributed by atoms with Crippen molar-refractivity contribution in [1.82, 2.24) is 4.90 Å². The molecule has 0 bridgehead atoms. The molecule has 1 aromatic rings. The summed E-state index contributed by atoms with van der Waals surface area (Å²) < 4.78 is 5.62. The second-order valence-corrected chi connectivity index (χ2v) is 5.79. The average molecular weight is 305 g/mol. The zero-order valence-electron chi connectivity index (χ0n) is 13.0. The number of aryl methyl sites for hydroxylation is 1. The van der Waals surface area contributed by atoms with Crippen molar-refractivity contribution in [2.24, 2.45) is 5.92 Å². The Morgan fingerprint density at radius 3 is 2.95 bits per heavy atom. The van der Waals surface area contributed by atoms with Crippen LogP contribution in [0.4, 0.5) is 0 Å². The summed E-state index contributed by atoms with van der Waals surface area (Å²) in [5, 5.41) is 9.04. The van der Waals surface area contributed by atoms with E-state index in [2.05, 4.69) is 0 Å². The van der Waals surface area contributed by atoms with Crippen LogP contribution in [0, 0.1) is 12.8 Å². The van der Waals surface area contributed by atoms with Crippen LogP contribution < -0.4 is 4.74 Å². The molecule has 1 N–H and O–H groups in total. The van der Waals surface area contributed by atoms with Crippen molar-refractivity contribution in [1.29, 1.82) is 0 Å². The number of piperidine rings is 1. The number of nitrogens with zero attached hydrogens (tertiary/aromatic N) is 1. The van der Waals surface area contributed by atoms with E-state index < -0.39 is 11.9 Å². The molecule has 1 fully saturated rings. The predicted molar refractivity (Wildman–Crippen MR) is 82.8 cm³/mol. The number of carbonyl (C=O) groups is 2. The highest BCUT2D eigenvalue weighted by atomic mass is 16.5. The summed E-state index contributed by atoms with van der Waals surface area (Å²) in [6.45, 7) is 3.51. The molecule has 1 heterocycles. The number of carboxylic acid groups (broad SMARTS) is 1. The van der Waals surface area contributed by atoms with Crippen molar-refractivity contribution in [3.05, 3.63) is 29.8 Å². The van der Waals surface area contributed by atoms with E-state index in [4.69, 9.17) is 9.84 Å². The zero-order valence-corrected chi connectivity index (χ0v) is 13.0. The molecule has 0 spiro atoms. The SMILES string of the molecule is Cc1cccc(OCCCC(=O)N2CCC[C@@H](C(=O)O)C2)c1. The Morgan fingerprint density at radius 2 is 2.23 bits per heavy atom. The van der Waals surface area contributed by atoms with Crippen LogP contribution in [0.5, 0.6) is 5.75 Å². The van der Waals surface area contributed by atoms with Gasteiger partial charge in [-0.3, -0.25) is 9.59 Å². The molecule has 0 aromatic heterocycles. The van der Waals surface area contributed by atoms with Gasteiger partial charge < -0.3 is 14.7 Å². The van der Waals surface area contributed by atoms with Crippen molar-refractivity contribution < 1.29 is 19.4 Å². The molecule has 1 aliphatic rings. The van der Waals surface area contributed by atoms with E-state index in [1.54, 1.807) is 4.90 Å². The van der Waals surface area contributed by atoms with Crippen molar-refractivity contribution >= 4 is 11.9 Å². The number of hydrogen-bond donors (Lipinski definition) is 1. The first-order valence-corrected chi connectivity index (χ1v) is 7.76. The van der Waals surface area contributed by atoms with Crippen LogP contribution in [0.2, 0.25) is 0 Å². The first kappa shape index (κ1) is 16.3. The molecule has 5 heteroatoms. The average Bonchev–Trinajstić information content (AvgIpc) is 2.51. The van der Waals surface area contributed by atoms with E-state index in [1.807, 2.05) is 31.2 Å². The number of carbonyl (C=O) groups excluding carboxylic acids is 1. The molecule has 1 aromatic carbocycles. The third kappa shape index (κ3) is 4.76. The Labute approximate surface area is 130 Å². The molecular weight excluding hydrogens is 282 g/mol. The Kier molecular flexibility index (Phi) is 5.81. The molecule has 0 aliphatic carbocycles. The minimum absolute atomic E-state index is 0.0267. The highest BCUT2D eigenvalue weighted by Crippen LogP contribution is 2.18. The van der Waals surface area contributed by atoms with Crippen LogP contribution in [0.3, 0.4) is 0 Å². The fourth-order valence-corrected chi connectivity index (χ4v) is 2.68. The number of ether oxygens (including phenoxy) is 1. The van der Waals surface area contributed by atoms with Gasteiger partial charge >= 0.3 is 5.97 Å². The van der Waals surface area contributed by atoms with E-state index in [-0.39, 0.29) is 5.91 Å². The summed E-state index contributed by atoms with van der Waals surface area (Å²) in [4.78, 5) is 24.8. The molecule has 2 rings (SSSR count). The topological polar surface area (TPSA) is 66.8 Å². The summed E-state index contributed by atoms with van der Waals surface area (Å²) in [6, 6.07) is 7.81. The Bertz CT molecular complexity index is 529. The summed E-state index contributed by atoms with van der Waals surface area (Å²) in [5.74, 6) is -0.378. The third-order valence-electron chi connectivity index (χ3n) is 3.92. The zero-order chi connectivity index (χ0) is 15.9. The number of carboxylic acids is 1. The van der Waals surface area contributed by atoms with Gasteiger partial charge in [-0.15, -0.1) is 0 Å². The third-order valence-corrected chi connectivity index (χ3v) is 3.92. The summed E-state index contributed by atoms with van der Waals surface area (Å²) >= 11 is 0. The molecule has 1 saturated heterocycles. The smallest absolute Gasteiger partial charge is 0.308 e. The standard InChI is InChI=1S/C17H23NO4/c1-13-5-2-7-15(11-13)22-10-4-8-16(19)18-9-3-6-14(12-18)17(20)21/h2,5,7,11,14H,3-4,6,8-10,12H2,1H3,(H,20,21)/t14-/m1/s1. The molecule has 1 amide bonds. The van der Waals surface area contributed by atoms with Gasteiger partial charge in [0, 0.05) is 19.5 Å². The van der Waals surface area contributed by atoms with Gasteiger partial charge in [0.25, 0.3) is 0 Å². The Morgan fingerprint density at radius 1 is 1.41 bits per heavy atom. The van der Waals surface area contributed by atoms with E-state index in [0.717, 1.165) is 17.7 Å². The molecule has 0 unspecified atom stereocenters. The number of rotatable bonds is 6. The Balaban J connectivity index is 1.70. The van der Waals surface area contributed by atoms with E-state index in [0.29, 0.717) is 39.0 Å². The summed E-state index contributed by atoms with van der Waals surface area (Å²) in [6.07, 6.45) is 2.47. The van der Waals surface area contributed by atoms with Crippen molar-refractivity contribution in [3.8, 4) is 5.75 Å². The number of amides is 1. The largest absolute Gasteiger partial charge is 0.494 e. The van der Waals surface area contributed by atoms with Gasteiger partial charge in [0.05, 0.1) is 12.5 Å². The minimum Gasteiger partial charge on any atom is -0.494 e. The lowest BCUT2D eigenvalue weighted by Gasteiger charge is -2.30. The van der Waals surface area contributed by atoms with Crippen molar-refractivity contribution in [2.75, 3.05) is 19.7 Å². The normalized spacial score (nSPS) is 18.0. The first-order valence-electron chi connectivity index (χ1n) is 7.76. The molecule has 5 nitrogen and oxygen atoms in total. The van der Waals surface area contributed by atoms with Crippen LogP contribution >= 0.6 is 0 Å². The molecule has 1 atom stereocenters. The van der Waals surface area contributed by atoms with E-state index in [9.17, 15) is 9.59 Å². The van der Waals surface area contributed by atoms with E-state index in [1.165, 1.54) is 0 Å². The molecule has 22 heavy (non-hydrogen) atoms. The highest BCUT2D eigenvalue weighted by Gasteiger charge is 2.27. The van der Waals surface area contributed by atoms with Gasteiger partial charge in [-0.2, -0.15) is 0 Å². The number of benzene rings is 1. The van der Waals surface area contributed by atoms with Gasteiger partial charge in [-0.05, 0) is 43.9 Å². The van der Waals surface area contributed by atoms with Crippen LogP contribution in [0.15, 0.2) is 24.3 Å². The predicted octanol–water partition coefficient (Wildman–Crippen LogP) is 2.48. The maximum absolute atomic E-state index is 12.1. The van der Waals surface area contributed by atoms with Gasteiger partial charge in [-0.25, -0.2) is 0 Å². The quantitative estimate of drug-likeness (QED) is 0.820.